The van der Waals surface area contributed by atoms with Crippen LogP contribution in [0.4, 0.5) is 16.3 Å². The van der Waals surface area contributed by atoms with Crippen LogP contribution >= 0.6 is 0 Å². The van der Waals surface area contributed by atoms with Gasteiger partial charge in [-0.05, 0) is 30.7 Å². The van der Waals surface area contributed by atoms with Gasteiger partial charge in [-0.2, -0.15) is 0 Å². The fourth-order valence-corrected chi connectivity index (χ4v) is 3.80. The zero-order valence-electron chi connectivity index (χ0n) is 18.4. The summed E-state index contributed by atoms with van der Waals surface area (Å²) in [6.07, 6.45) is 0.0893. The van der Waals surface area contributed by atoms with E-state index in [0.29, 0.717) is 28.3 Å². The molecule has 11 heteroatoms. The first-order valence-corrected chi connectivity index (χ1v) is 10.4. The van der Waals surface area contributed by atoms with Gasteiger partial charge in [-0.25, -0.2) is 19.6 Å². The minimum absolute atomic E-state index is 0.00843. The van der Waals surface area contributed by atoms with Crippen molar-refractivity contribution < 1.29 is 29.3 Å². The number of carbonyl (C=O) groups is 2. The van der Waals surface area contributed by atoms with Gasteiger partial charge in [0.2, 0.25) is 6.29 Å². The van der Waals surface area contributed by atoms with Gasteiger partial charge in [0.25, 0.3) is 0 Å². The number of carboxylic acids is 1. The van der Waals surface area contributed by atoms with Crippen LogP contribution in [0.2, 0.25) is 0 Å². The molecule has 4 rings (SSSR count). The molecule has 3 N–H and O–H groups in total. The molecule has 174 valence electrons. The van der Waals surface area contributed by atoms with Crippen molar-refractivity contribution in [2.75, 3.05) is 24.3 Å². The lowest BCUT2D eigenvalue weighted by atomic mass is 10.1. The fourth-order valence-electron chi connectivity index (χ4n) is 3.80. The van der Waals surface area contributed by atoms with Crippen LogP contribution in [0.15, 0.2) is 36.8 Å². The third-order valence-electron chi connectivity index (χ3n) is 5.49. The van der Waals surface area contributed by atoms with Crippen molar-refractivity contribution in [2.45, 2.75) is 38.3 Å². The van der Waals surface area contributed by atoms with Crippen LogP contribution in [0.1, 0.15) is 18.4 Å². The molecular formula is C22H25N5O6. The molecule has 11 nitrogen and oxygen atoms in total. The van der Waals surface area contributed by atoms with Crippen molar-refractivity contribution in [3.63, 3.8) is 0 Å². The highest BCUT2D eigenvalue weighted by atomic mass is 16.7. The summed E-state index contributed by atoms with van der Waals surface area (Å²) in [5.74, 6) is -0.238. The number of hydrogen-bond acceptors (Lipinski definition) is 8. The van der Waals surface area contributed by atoms with Crippen molar-refractivity contribution >= 4 is 34.5 Å². The molecule has 33 heavy (non-hydrogen) atoms. The highest BCUT2D eigenvalue weighted by Gasteiger charge is 2.34. The standard InChI is InChI=1S/C22H25N5O6/c1-12-4-5-16(32-18-10-13(28)9-17(33-18)21(29)30)15(8-12)26(3)22(31)27-7-6-14-19(23-2)24-11-25-20(14)27/h4-8,11,13,17-18,28H,9-10H2,1-3H3,(H,29,30)(H,23,24,25)/t13-,17-,18+/m0/s1. The van der Waals surface area contributed by atoms with E-state index in [-0.39, 0.29) is 18.9 Å². The predicted octanol–water partition coefficient (Wildman–Crippen LogP) is 2.22. The van der Waals surface area contributed by atoms with E-state index in [1.165, 1.54) is 15.8 Å². The van der Waals surface area contributed by atoms with Crippen LogP contribution in [0.3, 0.4) is 0 Å². The van der Waals surface area contributed by atoms with Gasteiger partial charge in [0, 0.05) is 33.1 Å². The van der Waals surface area contributed by atoms with Gasteiger partial charge < -0.3 is 25.0 Å². The Labute approximate surface area is 189 Å². The molecular weight excluding hydrogens is 430 g/mol. The summed E-state index contributed by atoms with van der Waals surface area (Å²) in [5.41, 5.74) is 1.80. The number of ether oxygens (including phenoxy) is 2. The number of aryl methyl sites for hydroxylation is 1. The summed E-state index contributed by atoms with van der Waals surface area (Å²) in [4.78, 5) is 34.5. The SMILES string of the molecule is CNc1ncnc2c1ccn2C(=O)N(C)c1cc(C)ccc1O[C@H]1C[C@@H](O)C[C@@H](C(=O)O)O1. The van der Waals surface area contributed by atoms with Crippen LogP contribution in [0.5, 0.6) is 5.75 Å². The molecule has 1 saturated heterocycles. The lowest BCUT2D eigenvalue weighted by Gasteiger charge is -2.32. The fraction of sp³-hybridized carbons (Fsp3) is 0.364. The number of fused-ring (bicyclic) bond motifs is 1. The summed E-state index contributed by atoms with van der Waals surface area (Å²) in [6, 6.07) is 6.64. The zero-order chi connectivity index (χ0) is 23.7. The number of hydrogen-bond donors (Lipinski definition) is 3. The number of aliphatic hydroxyl groups is 1. The van der Waals surface area contributed by atoms with Crippen LogP contribution in [0, 0.1) is 6.92 Å². The summed E-state index contributed by atoms with van der Waals surface area (Å²) in [6.45, 7) is 1.88. The Bertz CT molecular complexity index is 1200. The molecule has 0 saturated carbocycles. The number of benzene rings is 1. The lowest BCUT2D eigenvalue weighted by Crippen LogP contribution is -2.42. The molecule has 3 aromatic rings. The monoisotopic (exact) mass is 455 g/mol. The molecule has 3 heterocycles. The average molecular weight is 455 g/mol. The molecule has 3 atom stereocenters. The molecule has 1 amide bonds. The second kappa shape index (κ2) is 9.04. The van der Waals surface area contributed by atoms with Crippen LogP contribution in [0.25, 0.3) is 11.0 Å². The highest BCUT2D eigenvalue weighted by Crippen LogP contribution is 2.33. The molecule has 0 spiro atoms. The Kier molecular flexibility index (Phi) is 6.16. The van der Waals surface area contributed by atoms with Crippen molar-refractivity contribution in [2.24, 2.45) is 0 Å². The summed E-state index contributed by atoms with van der Waals surface area (Å²) in [7, 11) is 3.34. The van der Waals surface area contributed by atoms with Gasteiger partial charge in [-0.15, -0.1) is 0 Å². The van der Waals surface area contributed by atoms with Crippen molar-refractivity contribution in [3.05, 3.63) is 42.4 Å². The molecule has 0 unspecified atom stereocenters. The smallest absolute Gasteiger partial charge is 0.334 e. The van der Waals surface area contributed by atoms with Crippen LogP contribution < -0.4 is 15.0 Å². The van der Waals surface area contributed by atoms with Gasteiger partial charge >= 0.3 is 12.0 Å². The van der Waals surface area contributed by atoms with E-state index in [0.717, 1.165) is 5.56 Å². The molecule has 0 bridgehead atoms. The van der Waals surface area contributed by atoms with E-state index in [4.69, 9.17) is 9.47 Å². The van der Waals surface area contributed by atoms with E-state index in [9.17, 15) is 19.8 Å². The maximum Gasteiger partial charge on any atom is 0.334 e. The minimum atomic E-state index is -1.17. The maximum atomic E-state index is 13.4. The van der Waals surface area contributed by atoms with E-state index in [1.54, 1.807) is 38.5 Å². The van der Waals surface area contributed by atoms with Crippen molar-refractivity contribution in [3.8, 4) is 5.75 Å². The normalized spacial score (nSPS) is 20.4. The third-order valence-corrected chi connectivity index (χ3v) is 5.49. The number of nitrogens with zero attached hydrogens (tertiary/aromatic N) is 4. The number of anilines is 2. The van der Waals surface area contributed by atoms with E-state index >= 15 is 0 Å². The van der Waals surface area contributed by atoms with E-state index in [2.05, 4.69) is 15.3 Å². The van der Waals surface area contributed by atoms with Gasteiger partial charge in [-0.1, -0.05) is 6.07 Å². The van der Waals surface area contributed by atoms with Crippen molar-refractivity contribution in [1.82, 2.24) is 14.5 Å². The first kappa shape index (κ1) is 22.5. The molecule has 1 fully saturated rings. The number of rotatable bonds is 5. The summed E-state index contributed by atoms with van der Waals surface area (Å²) < 4.78 is 12.8. The number of carbonyl (C=O) groups excluding carboxylic acids is 1. The van der Waals surface area contributed by atoms with Crippen LogP contribution in [-0.4, -0.2) is 69.3 Å². The summed E-state index contributed by atoms with van der Waals surface area (Å²) >= 11 is 0. The first-order valence-electron chi connectivity index (χ1n) is 10.4. The molecule has 1 aliphatic heterocycles. The summed E-state index contributed by atoms with van der Waals surface area (Å²) in [5, 5.41) is 23.0. The lowest BCUT2D eigenvalue weighted by molar-refractivity contribution is -0.195. The largest absolute Gasteiger partial charge is 0.479 e. The van der Waals surface area contributed by atoms with Gasteiger partial charge in [0.1, 0.15) is 17.9 Å². The molecule has 1 aromatic carbocycles. The Morgan fingerprint density at radius 3 is 2.79 bits per heavy atom. The Hall–Kier alpha value is -3.70. The Morgan fingerprint density at radius 2 is 2.06 bits per heavy atom. The first-order chi connectivity index (χ1) is 15.8. The van der Waals surface area contributed by atoms with Gasteiger partial charge in [-0.3, -0.25) is 9.47 Å². The number of aromatic nitrogens is 3. The molecule has 0 aliphatic carbocycles. The topological polar surface area (TPSA) is 139 Å². The second-order valence-corrected chi connectivity index (χ2v) is 7.84. The van der Waals surface area contributed by atoms with Crippen molar-refractivity contribution in [1.29, 1.82) is 0 Å². The van der Waals surface area contributed by atoms with Gasteiger partial charge in [0.15, 0.2) is 11.8 Å². The second-order valence-electron chi connectivity index (χ2n) is 7.84. The Balaban J connectivity index is 1.63. The number of amides is 1. The van der Waals surface area contributed by atoms with Gasteiger partial charge in [0.05, 0.1) is 17.2 Å². The zero-order valence-corrected chi connectivity index (χ0v) is 18.4. The number of aliphatic hydroxyl groups excluding tert-OH is 1. The number of nitrogens with one attached hydrogen (secondary N) is 1. The minimum Gasteiger partial charge on any atom is -0.479 e. The maximum absolute atomic E-state index is 13.4. The number of carboxylic acid groups (broad SMARTS) is 1. The number of aliphatic carboxylic acids is 1. The third kappa shape index (κ3) is 4.45. The highest BCUT2D eigenvalue weighted by molar-refractivity contribution is 6.01. The molecule has 0 radical (unpaired) electrons. The van der Waals surface area contributed by atoms with Crippen LogP contribution in [-0.2, 0) is 9.53 Å². The molecule has 1 aliphatic rings. The van der Waals surface area contributed by atoms with E-state index < -0.39 is 24.5 Å². The predicted molar refractivity (Wildman–Crippen MR) is 120 cm³/mol. The Morgan fingerprint density at radius 1 is 1.27 bits per heavy atom. The quantitative estimate of drug-likeness (QED) is 0.528. The average Bonchev–Trinajstić information content (AvgIpc) is 3.23. The molecule has 2 aromatic heterocycles. The van der Waals surface area contributed by atoms with E-state index in [1.807, 2.05) is 13.0 Å².